The molecule has 2 fully saturated rings. The van der Waals surface area contributed by atoms with Gasteiger partial charge in [-0.25, -0.2) is 4.79 Å². The number of nitrogens with zero attached hydrogens (tertiary/aromatic N) is 3. The monoisotopic (exact) mass is 540 g/mol. The van der Waals surface area contributed by atoms with E-state index in [2.05, 4.69) is 44.4 Å². The molecule has 4 aromatic rings. The molecule has 1 N–H and O–H groups in total. The van der Waals surface area contributed by atoms with E-state index in [1.807, 2.05) is 42.5 Å². The highest BCUT2D eigenvalue weighted by atomic mass is 32.1. The third kappa shape index (κ3) is 4.98. The molecule has 8 nitrogen and oxygen atoms in total. The van der Waals surface area contributed by atoms with Crippen LogP contribution in [-0.4, -0.2) is 49.5 Å². The smallest absolute Gasteiger partial charge is 0.337 e. The number of ether oxygens (including phenoxy) is 2. The molecule has 0 aliphatic carbocycles. The minimum Gasteiger partial charge on any atom is -0.465 e. The Bertz CT molecular complexity index is 1470. The highest BCUT2D eigenvalue weighted by Crippen LogP contribution is 2.43. The summed E-state index contributed by atoms with van der Waals surface area (Å²) in [5.41, 5.74) is 4.23. The second-order valence-electron chi connectivity index (χ2n) is 9.39. The number of aromatic nitrogens is 1. The molecule has 2 aromatic carbocycles. The Kier molecular flexibility index (Phi) is 7.00. The number of carbonyl (C=O) groups excluding carboxylic acids is 1. The Morgan fingerprint density at radius 3 is 2.54 bits per heavy atom. The van der Waals surface area contributed by atoms with Crippen LogP contribution in [0, 0.1) is 0 Å². The summed E-state index contributed by atoms with van der Waals surface area (Å²) >= 11 is 5.86. The van der Waals surface area contributed by atoms with Gasteiger partial charge in [0, 0.05) is 36.2 Å². The second kappa shape index (κ2) is 10.9. The lowest BCUT2D eigenvalue weighted by Gasteiger charge is -2.30. The van der Waals surface area contributed by atoms with E-state index in [1.165, 1.54) is 7.11 Å². The van der Waals surface area contributed by atoms with Gasteiger partial charge in [0.05, 0.1) is 37.6 Å². The summed E-state index contributed by atoms with van der Waals surface area (Å²) in [5.74, 6) is 0.987. The number of methoxy groups -OCH3 is 1. The standard InChI is InChI=1S/C30H28N4O4S/c1-36-29(35)21-6-4-5-20(19-21)25-12-13-26(38-25)28-27(24-7-2-3-14-31-24)32-30(39)34(28)23-10-8-22(9-11-23)33-15-17-37-18-16-33/h2-14,19,27-28H,15-18H2,1H3,(H,32,39)/t27-,28-/m0/s1. The quantitative estimate of drug-likeness (QED) is 0.264. The molecule has 0 bridgehead atoms. The van der Waals surface area contributed by atoms with Crippen LogP contribution in [0.4, 0.5) is 11.4 Å². The van der Waals surface area contributed by atoms with E-state index in [9.17, 15) is 4.79 Å². The van der Waals surface area contributed by atoms with E-state index in [4.69, 9.17) is 26.1 Å². The number of morpholine rings is 1. The molecule has 198 valence electrons. The van der Waals surface area contributed by atoms with E-state index in [1.54, 1.807) is 18.3 Å². The summed E-state index contributed by atoms with van der Waals surface area (Å²) in [5, 5.41) is 4.07. The van der Waals surface area contributed by atoms with Crippen molar-refractivity contribution in [2.45, 2.75) is 12.1 Å². The largest absolute Gasteiger partial charge is 0.465 e. The van der Waals surface area contributed by atoms with Crippen molar-refractivity contribution in [2.75, 3.05) is 43.2 Å². The fourth-order valence-corrected chi connectivity index (χ4v) is 5.50. The molecule has 6 rings (SSSR count). The molecule has 0 radical (unpaired) electrons. The molecule has 0 saturated carbocycles. The van der Waals surface area contributed by atoms with E-state index in [0.29, 0.717) is 16.4 Å². The fraction of sp³-hybridized carbons (Fsp3) is 0.233. The lowest BCUT2D eigenvalue weighted by atomic mass is 10.0. The summed E-state index contributed by atoms with van der Waals surface area (Å²) in [6, 6.07) is 24.9. The first-order chi connectivity index (χ1) is 19.1. The molecule has 39 heavy (non-hydrogen) atoms. The van der Waals surface area contributed by atoms with Crippen LogP contribution in [0.25, 0.3) is 11.3 Å². The molecule has 0 amide bonds. The summed E-state index contributed by atoms with van der Waals surface area (Å²) in [6.45, 7) is 3.22. The summed E-state index contributed by atoms with van der Waals surface area (Å²) in [4.78, 5) is 21.1. The van der Waals surface area contributed by atoms with E-state index < -0.39 is 5.97 Å². The van der Waals surface area contributed by atoms with Gasteiger partial charge in [0.1, 0.15) is 17.6 Å². The summed E-state index contributed by atoms with van der Waals surface area (Å²) < 4.78 is 16.8. The minimum absolute atomic E-state index is 0.224. The maximum Gasteiger partial charge on any atom is 0.337 e. The van der Waals surface area contributed by atoms with Crippen molar-refractivity contribution in [1.82, 2.24) is 10.3 Å². The number of benzene rings is 2. The normalized spacial score (nSPS) is 19.2. The number of nitrogens with one attached hydrogen (secondary N) is 1. The highest BCUT2D eigenvalue weighted by Gasteiger charge is 2.42. The van der Waals surface area contributed by atoms with Crippen molar-refractivity contribution >= 4 is 34.7 Å². The number of hydrogen-bond acceptors (Lipinski definition) is 7. The first-order valence-electron chi connectivity index (χ1n) is 12.8. The molecule has 2 aromatic heterocycles. The third-order valence-electron chi connectivity index (χ3n) is 7.09. The zero-order chi connectivity index (χ0) is 26.8. The highest BCUT2D eigenvalue weighted by molar-refractivity contribution is 7.80. The van der Waals surface area contributed by atoms with Gasteiger partial charge in [0.25, 0.3) is 0 Å². The lowest BCUT2D eigenvalue weighted by molar-refractivity contribution is 0.0600. The van der Waals surface area contributed by atoms with Crippen molar-refractivity contribution in [1.29, 1.82) is 0 Å². The zero-order valence-corrected chi connectivity index (χ0v) is 22.3. The van der Waals surface area contributed by atoms with Crippen molar-refractivity contribution in [3.63, 3.8) is 0 Å². The molecule has 9 heteroatoms. The van der Waals surface area contributed by atoms with Crippen LogP contribution in [0.2, 0.25) is 0 Å². The number of rotatable bonds is 6. The SMILES string of the molecule is COC(=O)c1cccc(-c2ccc([C@H]3[C@H](c4ccccn4)NC(=S)N3c3ccc(N4CCOCC4)cc3)o2)c1. The van der Waals surface area contributed by atoms with Crippen LogP contribution in [0.3, 0.4) is 0 Å². The Morgan fingerprint density at radius 1 is 1.00 bits per heavy atom. The maximum absolute atomic E-state index is 12.1. The van der Waals surface area contributed by atoms with Crippen molar-refractivity contribution in [3.05, 3.63) is 102 Å². The van der Waals surface area contributed by atoms with Gasteiger partial charge in [-0.3, -0.25) is 4.98 Å². The Hall–Kier alpha value is -4.21. The predicted octanol–water partition coefficient (Wildman–Crippen LogP) is 5.14. The van der Waals surface area contributed by atoms with Crippen LogP contribution in [-0.2, 0) is 9.47 Å². The number of thiocarbonyl (C=S) groups is 1. The Balaban J connectivity index is 1.36. The number of anilines is 2. The molecule has 2 aliphatic heterocycles. The van der Waals surface area contributed by atoms with Crippen LogP contribution >= 0.6 is 12.2 Å². The number of pyridine rings is 1. The zero-order valence-electron chi connectivity index (χ0n) is 21.4. The molecule has 2 atom stereocenters. The fourth-order valence-electron chi connectivity index (χ4n) is 5.15. The topological polar surface area (TPSA) is 80.1 Å². The van der Waals surface area contributed by atoms with Gasteiger partial charge < -0.3 is 29.0 Å². The van der Waals surface area contributed by atoms with E-state index in [-0.39, 0.29) is 12.1 Å². The Morgan fingerprint density at radius 2 is 1.79 bits per heavy atom. The van der Waals surface area contributed by atoms with Gasteiger partial charge in [-0.2, -0.15) is 0 Å². The number of carbonyl (C=O) groups is 1. The molecule has 0 spiro atoms. The van der Waals surface area contributed by atoms with Gasteiger partial charge in [0.2, 0.25) is 0 Å². The number of furan rings is 1. The molecule has 2 aliphatic rings. The second-order valence-corrected chi connectivity index (χ2v) is 9.77. The van der Waals surface area contributed by atoms with Gasteiger partial charge >= 0.3 is 5.97 Å². The summed E-state index contributed by atoms with van der Waals surface area (Å²) in [6.07, 6.45) is 1.78. The van der Waals surface area contributed by atoms with Crippen LogP contribution in [0.1, 0.15) is 33.9 Å². The molecule has 2 saturated heterocycles. The molecular weight excluding hydrogens is 512 g/mol. The van der Waals surface area contributed by atoms with Crippen molar-refractivity contribution < 1.29 is 18.7 Å². The predicted molar refractivity (Wildman–Crippen MR) is 153 cm³/mol. The van der Waals surface area contributed by atoms with E-state index in [0.717, 1.165) is 54.7 Å². The van der Waals surface area contributed by atoms with Crippen LogP contribution in [0.5, 0.6) is 0 Å². The van der Waals surface area contributed by atoms with Gasteiger partial charge in [0.15, 0.2) is 5.11 Å². The number of esters is 1. The summed E-state index contributed by atoms with van der Waals surface area (Å²) in [7, 11) is 1.37. The number of hydrogen-bond donors (Lipinski definition) is 1. The Labute approximate surface area is 232 Å². The first-order valence-corrected chi connectivity index (χ1v) is 13.2. The molecular formula is C30H28N4O4S. The van der Waals surface area contributed by atoms with Crippen LogP contribution in [0.15, 0.2) is 89.5 Å². The van der Waals surface area contributed by atoms with Crippen LogP contribution < -0.4 is 15.1 Å². The van der Waals surface area contributed by atoms with Crippen molar-refractivity contribution in [2.24, 2.45) is 0 Å². The third-order valence-corrected chi connectivity index (χ3v) is 7.40. The van der Waals surface area contributed by atoms with Gasteiger partial charge in [-0.15, -0.1) is 0 Å². The van der Waals surface area contributed by atoms with Gasteiger partial charge in [-0.1, -0.05) is 18.2 Å². The molecule has 0 unspecified atom stereocenters. The maximum atomic E-state index is 12.1. The average Bonchev–Trinajstić information content (AvgIpc) is 3.62. The minimum atomic E-state index is -0.393. The first kappa shape index (κ1) is 25.1. The van der Waals surface area contributed by atoms with Gasteiger partial charge in [-0.05, 0) is 72.9 Å². The average molecular weight is 541 g/mol. The van der Waals surface area contributed by atoms with E-state index >= 15 is 0 Å². The van der Waals surface area contributed by atoms with Crippen molar-refractivity contribution in [3.8, 4) is 11.3 Å². The molecule has 4 heterocycles. The lowest BCUT2D eigenvalue weighted by Crippen LogP contribution is -2.36.